The highest BCUT2D eigenvalue weighted by Crippen LogP contribution is 2.41. The van der Waals surface area contributed by atoms with Crippen LogP contribution in [0.15, 0.2) is 194 Å². The maximum Gasteiger partial charge on any atom is 0.164 e. The molecule has 0 radical (unpaired) electrons. The fraction of sp³-hybridized carbons (Fsp3) is 0.0909. The third kappa shape index (κ3) is 7.12. The predicted molar refractivity (Wildman–Crippen MR) is 249 cm³/mol. The Morgan fingerprint density at radius 2 is 0.607 bits per heavy atom. The lowest BCUT2D eigenvalue weighted by Crippen LogP contribution is -2.26. The van der Waals surface area contributed by atoms with Gasteiger partial charge in [0.2, 0.25) is 0 Å². The smallest absolute Gasteiger partial charge is 0.164 e. The Kier molecular flexibility index (Phi) is 9.95. The molecule has 0 spiro atoms. The van der Waals surface area contributed by atoms with Crippen LogP contribution in [0.5, 0.6) is 0 Å². The van der Waals surface area contributed by atoms with E-state index in [9.17, 15) is 0 Å². The average Bonchev–Trinajstić information content (AvgIpc) is 3.35. The van der Waals surface area contributed by atoms with E-state index in [2.05, 4.69) is 147 Å². The third-order valence-corrected chi connectivity index (χ3v) is 12.0. The number of fused-ring (bicyclic) bond motifs is 2. The fourth-order valence-electron chi connectivity index (χ4n) is 8.63. The molecule has 10 rings (SSSR count). The summed E-state index contributed by atoms with van der Waals surface area (Å²) in [6, 6.07) is 67.2. The van der Waals surface area contributed by atoms with Gasteiger partial charge in [-0.2, -0.15) is 0 Å². The molecule has 0 aliphatic carbocycles. The van der Waals surface area contributed by atoms with Gasteiger partial charge < -0.3 is 0 Å². The van der Waals surface area contributed by atoms with Gasteiger partial charge in [-0.05, 0) is 45.5 Å². The van der Waals surface area contributed by atoms with Crippen molar-refractivity contribution in [1.82, 2.24) is 29.9 Å². The molecule has 0 N–H and O–H groups in total. The molecule has 0 saturated heterocycles. The Morgan fingerprint density at radius 1 is 0.295 bits per heavy atom. The molecule has 61 heavy (non-hydrogen) atoms. The molecule has 0 aliphatic rings. The van der Waals surface area contributed by atoms with Crippen molar-refractivity contribution >= 4 is 21.5 Å². The van der Waals surface area contributed by atoms with Gasteiger partial charge in [0.25, 0.3) is 0 Å². The Labute approximate surface area is 355 Å². The van der Waals surface area contributed by atoms with Crippen LogP contribution in [0, 0.1) is 0 Å². The summed E-state index contributed by atoms with van der Waals surface area (Å²) in [7, 11) is 0. The number of benzene rings is 8. The van der Waals surface area contributed by atoms with Crippen LogP contribution < -0.4 is 0 Å². The Hall–Kier alpha value is -7.70. The third-order valence-electron chi connectivity index (χ3n) is 12.0. The molecule has 0 atom stereocenters. The second-order valence-electron chi connectivity index (χ2n) is 15.3. The summed E-state index contributed by atoms with van der Waals surface area (Å²) in [4.78, 5) is 30.3. The highest BCUT2D eigenvalue weighted by atomic mass is 15.0. The van der Waals surface area contributed by atoms with Crippen molar-refractivity contribution in [3.8, 4) is 68.3 Å². The van der Waals surface area contributed by atoms with E-state index >= 15 is 0 Å². The van der Waals surface area contributed by atoms with Crippen molar-refractivity contribution in [3.05, 3.63) is 205 Å². The minimum absolute atomic E-state index is 0.220. The van der Waals surface area contributed by atoms with E-state index in [1.807, 2.05) is 60.7 Å². The number of hydrogen-bond acceptors (Lipinski definition) is 6. The molecule has 6 nitrogen and oxygen atoms in total. The number of rotatable bonds is 10. The van der Waals surface area contributed by atoms with Crippen molar-refractivity contribution in [3.63, 3.8) is 0 Å². The van der Waals surface area contributed by atoms with Crippen LogP contribution in [0.3, 0.4) is 0 Å². The van der Waals surface area contributed by atoms with Crippen LogP contribution in [0.2, 0.25) is 0 Å². The minimum Gasteiger partial charge on any atom is -0.208 e. The van der Waals surface area contributed by atoms with Crippen LogP contribution in [0.4, 0.5) is 0 Å². The largest absolute Gasteiger partial charge is 0.208 e. The number of nitrogens with zero attached hydrogens (tertiary/aromatic N) is 6. The van der Waals surface area contributed by atoms with Crippen LogP contribution in [-0.4, -0.2) is 29.9 Å². The lowest BCUT2D eigenvalue weighted by atomic mass is 9.70. The molecule has 0 saturated carbocycles. The van der Waals surface area contributed by atoms with Gasteiger partial charge in [0.1, 0.15) is 0 Å². The number of aromatic nitrogens is 6. The second-order valence-corrected chi connectivity index (χ2v) is 15.3. The molecule has 0 unspecified atom stereocenters. The zero-order valence-electron chi connectivity index (χ0n) is 34.1. The molecular weight excluding hydrogens is 745 g/mol. The first-order valence-electron chi connectivity index (χ1n) is 20.9. The molecule has 0 amide bonds. The van der Waals surface area contributed by atoms with Gasteiger partial charge in [0.15, 0.2) is 34.9 Å². The van der Waals surface area contributed by atoms with Gasteiger partial charge in [-0.1, -0.05) is 208 Å². The summed E-state index contributed by atoms with van der Waals surface area (Å²) in [5.41, 5.74) is 7.99. The molecular formula is C55H42N6. The molecule has 8 aromatic carbocycles. The van der Waals surface area contributed by atoms with Gasteiger partial charge in [0.05, 0.1) is 0 Å². The van der Waals surface area contributed by atoms with Crippen LogP contribution in [-0.2, 0) is 5.41 Å². The second kappa shape index (κ2) is 16.2. The van der Waals surface area contributed by atoms with E-state index in [-0.39, 0.29) is 5.41 Å². The molecule has 2 aromatic heterocycles. The Morgan fingerprint density at radius 3 is 0.984 bits per heavy atom. The average molecular weight is 787 g/mol. The molecule has 0 fully saturated rings. The monoisotopic (exact) mass is 786 g/mol. The summed E-state index contributed by atoms with van der Waals surface area (Å²) in [6.07, 6.45) is 1.85. The molecule has 292 valence electrons. The Balaban J connectivity index is 1.02. The Bertz CT molecular complexity index is 2920. The van der Waals surface area contributed by atoms with E-state index in [1.54, 1.807) is 0 Å². The van der Waals surface area contributed by atoms with Crippen molar-refractivity contribution in [2.45, 2.75) is 32.1 Å². The van der Waals surface area contributed by atoms with E-state index < -0.39 is 0 Å². The number of hydrogen-bond donors (Lipinski definition) is 0. The van der Waals surface area contributed by atoms with E-state index in [0.717, 1.165) is 67.8 Å². The van der Waals surface area contributed by atoms with E-state index in [1.165, 1.54) is 11.1 Å². The minimum atomic E-state index is -0.220. The molecule has 10 aromatic rings. The standard InChI is InChI=1S/C55H42N6/c1-3-55(4-2,43-33-29-41(30-34-43)51-56-49(39-19-7-5-8-20-39)58-53(60-51)47-27-15-23-37-17-11-13-25-45(37)47)44-35-31-42(32-36-44)52-57-50(40-21-9-6-10-22-40)59-54(61-52)48-28-16-24-38-18-12-14-26-46(38)48/h5-36H,3-4H2,1-2H3. The van der Waals surface area contributed by atoms with Gasteiger partial charge in [-0.3, -0.25) is 0 Å². The maximum atomic E-state index is 5.11. The highest BCUT2D eigenvalue weighted by molar-refractivity contribution is 5.96. The van der Waals surface area contributed by atoms with Gasteiger partial charge in [-0.15, -0.1) is 0 Å². The lowest BCUT2D eigenvalue weighted by Gasteiger charge is -2.33. The van der Waals surface area contributed by atoms with Gasteiger partial charge in [-0.25, -0.2) is 29.9 Å². The van der Waals surface area contributed by atoms with Crippen molar-refractivity contribution < 1.29 is 0 Å². The van der Waals surface area contributed by atoms with Gasteiger partial charge >= 0.3 is 0 Å². The predicted octanol–water partition coefficient (Wildman–Crippen LogP) is 13.5. The quantitative estimate of drug-likeness (QED) is 0.137. The lowest BCUT2D eigenvalue weighted by molar-refractivity contribution is 0.478. The first-order valence-corrected chi connectivity index (χ1v) is 20.9. The van der Waals surface area contributed by atoms with Crippen LogP contribution in [0.25, 0.3) is 89.9 Å². The summed E-state index contributed by atoms with van der Waals surface area (Å²) in [6.45, 7) is 4.54. The molecule has 0 bridgehead atoms. The SMILES string of the molecule is CCC(CC)(c1ccc(-c2nc(-c3ccccc3)nc(-c3cccc4ccccc34)n2)cc1)c1ccc(-c2nc(-c3ccccc3)nc(-c3cccc4ccccc34)n2)cc1. The summed E-state index contributed by atoms with van der Waals surface area (Å²) in [5, 5.41) is 4.50. The zero-order chi connectivity index (χ0) is 41.2. The first-order chi connectivity index (χ1) is 30.1. The summed E-state index contributed by atoms with van der Waals surface area (Å²) >= 11 is 0. The zero-order valence-corrected chi connectivity index (χ0v) is 34.1. The first kappa shape index (κ1) is 37.6. The van der Waals surface area contributed by atoms with E-state index in [4.69, 9.17) is 29.9 Å². The van der Waals surface area contributed by atoms with Crippen LogP contribution >= 0.6 is 0 Å². The normalized spacial score (nSPS) is 11.6. The highest BCUT2D eigenvalue weighted by Gasteiger charge is 2.31. The van der Waals surface area contributed by atoms with Crippen molar-refractivity contribution in [2.75, 3.05) is 0 Å². The molecule has 6 heteroatoms. The van der Waals surface area contributed by atoms with E-state index in [0.29, 0.717) is 34.9 Å². The topological polar surface area (TPSA) is 77.3 Å². The fourth-order valence-corrected chi connectivity index (χ4v) is 8.63. The van der Waals surface area contributed by atoms with Gasteiger partial charge in [0, 0.05) is 38.8 Å². The molecule has 2 heterocycles. The summed E-state index contributed by atoms with van der Waals surface area (Å²) in [5.74, 6) is 3.88. The van der Waals surface area contributed by atoms with Crippen molar-refractivity contribution in [2.24, 2.45) is 0 Å². The van der Waals surface area contributed by atoms with Crippen LogP contribution in [0.1, 0.15) is 37.8 Å². The summed E-state index contributed by atoms with van der Waals surface area (Å²) < 4.78 is 0. The molecule has 0 aliphatic heterocycles. The maximum absolute atomic E-state index is 5.11. The van der Waals surface area contributed by atoms with Crippen molar-refractivity contribution in [1.29, 1.82) is 0 Å².